The Morgan fingerprint density at radius 3 is 2.83 bits per heavy atom. The summed E-state index contributed by atoms with van der Waals surface area (Å²) in [7, 11) is 1.57. The second-order valence-corrected chi connectivity index (χ2v) is 6.65. The van der Waals surface area contributed by atoms with Crippen LogP contribution in [0.4, 0.5) is 11.5 Å². The Morgan fingerprint density at radius 2 is 2.00 bits per heavy atom. The number of ether oxygens (including phenoxy) is 1. The van der Waals surface area contributed by atoms with E-state index in [1.807, 2.05) is 12.1 Å². The number of methoxy groups -OCH3 is 1. The lowest BCUT2D eigenvalue weighted by molar-refractivity contribution is 0.102. The van der Waals surface area contributed by atoms with Crippen molar-refractivity contribution >= 4 is 28.3 Å². The zero-order valence-corrected chi connectivity index (χ0v) is 16.1. The minimum absolute atomic E-state index is 0.226. The maximum Gasteiger partial charge on any atom is 0.256 e. The number of anilines is 2. The van der Waals surface area contributed by atoms with Crippen LogP contribution in [0.15, 0.2) is 73.1 Å². The Morgan fingerprint density at radius 1 is 1.10 bits per heavy atom. The van der Waals surface area contributed by atoms with Crippen LogP contribution in [-0.2, 0) is 6.42 Å². The van der Waals surface area contributed by atoms with Crippen molar-refractivity contribution in [2.45, 2.75) is 6.42 Å². The summed E-state index contributed by atoms with van der Waals surface area (Å²) in [5, 5.41) is 7.42. The molecule has 0 aliphatic heterocycles. The molecule has 0 aliphatic rings. The summed E-state index contributed by atoms with van der Waals surface area (Å²) < 4.78 is 5.15. The summed E-state index contributed by atoms with van der Waals surface area (Å²) in [6, 6.07) is 19.0. The van der Waals surface area contributed by atoms with Gasteiger partial charge >= 0.3 is 0 Å². The van der Waals surface area contributed by atoms with Crippen LogP contribution < -0.4 is 15.4 Å². The minimum atomic E-state index is -0.226. The largest absolute Gasteiger partial charge is 0.497 e. The molecule has 0 saturated carbocycles. The number of hydrogen-bond acceptors (Lipinski definition) is 4. The minimum Gasteiger partial charge on any atom is -0.497 e. The van der Waals surface area contributed by atoms with Crippen molar-refractivity contribution < 1.29 is 9.53 Å². The van der Waals surface area contributed by atoms with E-state index in [-0.39, 0.29) is 5.91 Å². The fourth-order valence-electron chi connectivity index (χ4n) is 3.21. The number of nitrogens with one attached hydrogen (secondary N) is 3. The number of para-hydroxylation sites is 1. The normalized spacial score (nSPS) is 10.7. The Labute approximate surface area is 168 Å². The molecule has 29 heavy (non-hydrogen) atoms. The zero-order valence-electron chi connectivity index (χ0n) is 16.1. The number of benzene rings is 2. The summed E-state index contributed by atoms with van der Waals surface area (Å²) in [6.45, 7) is 0.791. The molecule has 0 unspecified atom stereocenters. The van der Waals surface area contributed by atoms with Gasteiger partial charge in [-0.25, -0.2) is 4.98 Å². The van der Waals surface area contributed by atoms with E-state index in [0.29, 0.717) is 17.1 Å². The lowest BCUT2D eigenvalue weighted by Crippen LogP contribution is -2.13. The number of hydrogen-bond donors (Lipinski definition) is 3. The molecule has 2 aromatic carbocycles. The molecule has 1 amide bonds. The molecule has 2 aromatic heterocycles. The number of nitrogens with zero attached hydrogens (tertiary/aromatic N) is 1. The van der Waals surface area contributed by atoms with Crippen LogP contribution >= 0.6 is 0 Å². The first-order valence-corrected chi connectivity index (χ1v) is 9.43. The van der Waals surface area contributed by atoms with Gasteiger partial charge in [-0.1, -0.05) is 24.3 Å². The third-order valence-electron chi connectivity index (χ3n) is 4.74. The maximum atomic E-state index is 12.4. The predicted molar refractivity (Wildman–Crippen MR) is 116 cm³/mol. The van der Waals surface area contributed by atoms with E-state index >= 15 is 0 Å². The third kappa shape index (κ3) is 4.38. The fourth-order valence-corrected chi connectivity index (χ4v) is 3.21. The number of rotatable bonds is 7. The number of aromatic nitrogens is 2. The van der Waals surface area contributed by atoms with E-state index in [9.17, 15) is 4.79 Å². The topological polar surface area (TPSA) is 79.0 Å². The molecule has 0 spiro atoms. The van der Waals surface area contributed by atoms with Crippen molar-refractivity contribution in [1.82, 2.24) is 9.97 Å². The summed E-state index contributed by atoms with van der Waals surface area (Å²) in [4.78, 5) is 20.0. The van der Waals surface area contributed by atoms with Crippen molar-refractivity contribution in [2.24, 2.45) is 0 Å². The number of pyridine rings is 1. The Bertz CT molecular complexity index is 1120. The fraction of sp³-hybridized carbons (Fsp3) is 0.130. The van der Waals surface area contributed by atoms with Crippen LogP contribution in [0.2, 0.25) is 0 Å². The summed E-state index contributed by atoms with van der Waals surface area (Å²) in [6.07, 6.45) is 4.68. The zero-order chi connectivity index (χ0) is 20.1. The highest BCUT2D eigenvalue weighted by atomic mass is 16.5. The molecule has 0 atom stereocenters. The smallest absolute Gasteiger partial charge is 0.256 e. The highest BCUT2D eigenvalue weighted by Gasteiger charge is 2.08. The van der Waals surface area contributed by atoms with E-state index in [2.05, 4.69) is 45.0 Å². The first-order valence-electron chi connectivity index (χ1n) is 9.43. The first-order chi connectivity index (χ1) is 14.2. The maximum absolute atomic E-state index is 12.4. The molecule has 4 aromatic rings. The second-order valence-electron chi connectivity index (χ2n) is 6.65. The molecule has 0 aliphatic carbocycles. The quantitative estimate of drug-likeness (QED) is 0.438. The average molecular weight is 386 g/mol. The Kier molecular flexibility index (Phi) is 5.42. The van der Waals surface area contributed by atoms with Gasteiger partial charge in [0.05, 0.1) is 19.0 Å². The van der Waals surface area contributed by atoms with Crippen molar-refractivity contribution in [1.29, 1.82) is 0 Å². The van der Waals surface area contributed by atoms with Gasteiger partial charge in [0.2, 0.25) is 0 Å². The van der Waals surface area contributed by atoms with Gasteiger partial charge in [0.25, 0.3) is 5.91 Å². The summed E-state index contributed by atoms with van der Waals surface area (Å²) in [5.74, 6) is 0.914. The lowest BCUT2D eigenvalue weighted by atomic mass is 10.1. The number of fused-ring (bicyclic) bond motifs is 1. The molecule has 0 bridgehead atoms. The van der Waals surface area contributed by atoms with E-state index in [1.54, 1.807) is 43.6 Å². The number of aromatic amines is 1. The van der Waals surface area contributed by atoms with Gasteiger partial charge in [-0.2, -0.15) is 0 Å². The summed E-state index contributed by atoms with van der Waals surface area (Å²) >= 11 is 0. The highest BCUT2D eigenvalue weighted by Crippen LogP contribution is 2.19. The Hall–Kier alpha value is -3.80. The summed E-state index contributed by atoms with van der Waals surface area (Å²) in [5.41, 5.74) is 3.86. The van der Waals surface area contributed by atoms with Gasteiger partial charge in [-0.05, 0) is 48.4 Å². The van der Waals surface area contributed by atoms with Gasteiger partial charge in [0.15, 0.2) is 0 Å². The lowest BCUT2D eigenvalue weighted by Gasteiger charge is -2.08. The molecule has 146 valence electrons. The van der Waals surface area contributed by atoms with Crippen molar-refractivity contribution in [3.05, 3.63) is 84.2 Å². The van der Waals surface area contributed by atoms with Crippen LogP contribution in [-0.4, -0.2) is 29.5 Å². The number of amides is 1. The number of H-pyrrole nitrogens is 1. The van der Waals surface area contributed by atoms with Crippen LogP contribution in [0.3, 0.4) is 0 Å². The Balaban J connectivity index is 1.32. The molecule has 6 heteroatoms. The van der Waals surface area contributed by atoms with Crippen molar-refractivity contribution in [2.75, 3.05) is 24.3 Å². The van der Waals surface area contributed by atoms with E-state index in [4.69, 9.17) is 4.74 Å². The molecule has 4 rings (SSSR count). The van der Waals surface area contributed by atoms with Crippen LogP contribution in [0, 0.1) is 0 Å². The molecule has 3 N–H and O–H groups in total. The third-order valence-corrected chi connectivity index (χ3v) is 4.74. The highest BCUT2D eigenvalue weighted by molar-refractivity contribution is 6.04. The number of carbonyl (C=O) groups excluding carboxylic acids is 1. The van der Waals surface area contributed by atoms with Crippen LogP contribution in [0.1, 0.15) is 15.9 Å². The van der Waals surface area contributed by atoms with Gasteiger partial charge in [0.1, 0.15) is 11.6 Å². The van der Waals surface area contributed by atoms with E-state index < -0.39 is 0 Å². The molecular weight excluding hydrogens is 364 g/mol. The SMILES string of the molecule is COc1cccc(C(=O)Nc2ccc(NCCc3c[nH]c4ccccc34)cn2)c1. The van der Waals surface area contributed by atoms with E-state index in [0.717, 1.165) is 24.2 Å². The van der Waals surface area contributed by atoms with Crippen molar-refractivity contribution in [3.63, 3.8) is 0 Å². The second kappa shape index (κ2) is 8.48. The molecule has 2 heterocycles. The molecule has 0 saturated heterocycles. The van der Waals surface area contributed by atoms with Crippen molar-refractivity contribution in [3.8, 4) is 5.75 Å². The standard InChI is InChI=1S/C23H22N4O2/c1-29-19-6-4-5-16(13-19)23(28)27-22-10-9-18(15-26-22)24-12-11-17-14-25-21-8-3-2-7-20(17)21/h2-10,13-15,24-25H,11-12H2,1H3,(H,26,27,28). The monoisotopic (exact) mass is 386 g/mol. The molecule has 6 nitrogen and oxygen atoms in total. The number of carbonyl (C=O) groups is 1. The molecule has 0 fully saturated rings. The average Bonchev–Trinajstić information content (AvgIpc) is 3.18. The van der Waals surface area contributed by atoms with Gasteiger partial charge < -0.3 is 20.4 Å². The first kappa shape index (κ1) is 18.6. The van der Waals surface area contributed by atoms with Gasteiger partial charge in [-0.3, -0.25) is 4.79 Å². The van der Waals surface area contributed by atoms with Gasteiger partial charge in [0, 0.05) is 29.2 Å². The predicted octanol–water partition coefficient (Wildman–Crippen LogP) is 4.48. The van der Waals surface area contributed by atoms with Crippen LogP contribution in [0.5, 0.6) is 5.75 Å². The molecule has 0 radical (unpaired) electrons. The van der Waals surface area contributed by atoms with E-state index in [1.165, 1.54) is 10.9 Å². The van der Waals surface area contributed by atoms with Gasteiger partial charge in [-0.15, -0.1) is 0 Å². The molecular formula is C23H22N4O2. The van der Waals surface area contributed by atoms with Crippen LogP contribution in [0.25, 0.3) is 10.9 Å².